The number of aromatic nitrogens is 1. The van der Waals surface area contributed by atoms with E-state index in [9.17, 15) is 17.3 Å². The van der Waals surface area contributed by atoms with Gasteiger partial charge in [0.15, 0.2) is 4.98 Å². The quantitative estimate of drug-likeness (QED) is 0.433. The Balaban J connectivity index is 0.000000312. The van der Waals surface area contributed by atoms with E-state index < -0.39 is 7.25 Å². The van der Waals surface area contributed by atoms with Gasteiger partial charge in [0.1, 0.15) is 0 Å². The SMILES string of the molecule is F[B-](F)(F)F.N#[N+]c1cccc(-c2ccccn2)c1. The van der Waals surface area contributed by atoms with Gasteiger partial charge in [-0.05, 0) is 12.1 Å². The van der Waals surface area contributed by atoms with Crippen molar-refractivity contribution < 1.29 is 17.3 Å². The summed E-state index contributed by atoms with van der Waals surface area (Å²) in [6.45, 7) is 0. The summed E-state index contributed by atoms with van der Waals surface area (Å²) >= 11 is 0. The van der Waals surface area contributed by atoms with Gasteiger partial charge in [-0.1, -0.05) is 18.2 Å². The second-order valence-corrected chi connectivity index (χ2v) is 3.36. The lowest BCUT2D eigenvalue weighted by Crippen LogP contribution is -2.02. The fraction of sp³-hybridized carbons (Fsp3) is 0. The highest BCUT2D eigenvalue weighted by molar-refractivity contribution is 6.50. The molecule has 1 aromatic carbocycles. The molecule has 0 saturated heterocycles. The number of nitrogens with zero attached hydrogens (tertiary/aromatic N) is 3. The molecule has 0 fully saturated rings. The molecular weight excluding hydrogens is 261 g/mol. The van der Waals surface area contributed by atoms with Crippen molar-refractivity contribution in [2.24, 2.45) is 0 Å². The molecule has 98 valence electrons. The Kier molecular flexibility index (Phi) is 5.00. The molecule has 8 heteroatoms. The van der Waals surface area contributed by atoms with E-state index >= 15 is 0 Å². The lowest BCUT2D eigenvalue weighted by Gasteiger charge is -1.96. The maximum Gasteiger partial charge on any atom is 0.673 e. The van der Waals surface area contributed by atoms with Gasteiger partial charge in [0.05, 0.1) is 5.69 Å². The van der Waals surface area contributed by atoms with Crippen LogP contribution in [0.1, 0.15) is 0 Å². The molecule has 0 saturated carbocycles. The van der Waals surface area contributed by atoms with Crippen LogP contribution in [-0.2, 0) is 0 Å². The number of pyridine rings is 1. The molecule has 2 rings (SSSR count). The minimum Gasteiger partial charge on any atom is -0.418 e. The molecule has 0 unspecified atom stereocenters. The second-order valence-electron chi connectivity index (χ2n) is 3.36. The Hall–Kier alpha value is -2.43. The topological polar surface area (TPSA) is 41.0 Å². The van der Waals surface area contributed by atoms with Gasteiger partial charge in [-0.3, -0.25) is 4.98 Å². The van der Waals surface area contributed by atoms with E-state index in [1.54, 1.807) is 18.3 Å². The van der Waals surface area contributed by atoms with Gasteiger partial charge in [-0.15, -0.1) is 0 Å². The monoisotopic (exact) mass is 269 g/mol. The van der Waals surface area contributed by atoms with Crippen LogP contribution in [0.15, 0.2) is 48.7 Å². The molecule has 0 aliphatic heterocycles. The van der Waals surface area contributed by atoms with Crippen LogP contribution in [-0.4, -0.2) is 12.2 Å². The van der Waals surface area contributed by atoms with Gasteiger partial charge in [0.2, 0.25) is 5.39 Å². The highest BCUT2D eigenvalue weighted by atomic mass is 19.5. The average Bonchev–Trinajstić information content (AvgIpc) is 2.38. The minimum absolute atomic E-state index is 0.535. The number of rotatable bonds is 1. The Labute approximate surface area is 106 Å². The molecular formula is C11H8BF4N3. The third kappa shape index (κ3) is 6.17. The average molecular weight is 269 g/mol. The fourth-order valence-corrected chi connectivity index (χ4v) is 1.26. The van der Waals surface area contributed by atoms with E-state index in [0.29, 0.717) is 5.69 Å². The van der Waals surface area contributed by atoms with Crippen LogP contribution in [0.2, 0.25) is 0 Å². The Morgan fingerprint density at radius 2 is 1.68 bits per heavy atom. The standard InChI is InChI=1S/C11H8N3.BF4/c12-14-10-5-3-4-9(8-10)11-6-1-2-7-13-11;2-1(3,4)5/h1-8H;/q+1;-1. The maximum atomic E-state index is 9.75. The van der Waals surface area contributed by atoms with Crippen LogP contribution in [0.4, 0.5) is 23.0 Å². The summed E-state index contributed by atoms with van der Waals surface area (Å²) < 4.78 is 39.0. The summed E-state index contributed by atoms with van der Waals surface area (Å²) in [4.78, 5) is 7.33. The molecule has 0 atom stereocenters. The highest BCUT2D eigenvalue weighted by Crippen LogP contribution is 2.21. The predicted octanol–water partition coefficient (Wildman–Crippen LogP) is 4.53. The van der Waals surface area contributed by atoms with Crippen molar-refractivity contribution in [3.05, 3.63) is 53.6 Å². The van der Waals surface area contributed by atoms with Crippen molar-refractivity contribution in [1.82, 2.24) is 4.98 Å². The lowest BCUT2D eigenvalue weighted by molar-refractivity contribution is 0.368. The van der Waals surface area contributed by atoms with Crippen LogP contribution in [0, 0.1) is 5.39 Å². The highest BCUT2D eigenvalue weighted by Gasteiger charge is 2.20. The van der Waals surface area contributed by atoms with Gasteiger partial charge in [-0.2, -0.15) is 0 Å². The number of benzene rings is 1. The molecule has 0 bridgehead atoms. The molecule has 0 aliphatic rings. The van der Waals surface area contributed by atoms with Crippen molar-refractivity contribution in [1.29, 1.82) is 5.39 Å². The Bertz CT molecular complexity index is 560. The van der Waals surface area contributed by atoms with Crippen LogP contribution >= 0.6 is 0 Å². The first-order valence-electron chi connectivity index (χ1n) is 5.14. The molecule has 0 radical (unpaired) electrons. The zero-order valence-corrected chi connectivity index (χ0v) is 9.55. The second kappa shape index (κ2) is 6.49. The third-order valence-corrected chi connectivity index (χ3v) is 1.92. The normalized spacial score (nSPS) is 10.1. The molecule has 19 heavy (non-hydrogen) atoms. The largest absolute Gasteiger partial charge is 0.673 e. The van der Waals surface area contributed by atoms with Gasteiger partial charge in [-0.25, -0.2) is 0 Å². The van der Waals surface area contributed by atoms with E-state index in [4.69, 9.17) is 5.39 Å². The summed E-state index contributed by atoms with van der Waals surface area (Å²) in [5, 5.41) is 8.61. The first kappa shape index (κ1) is 14.6. The zero-order chi connectivity index (χ0) is 14.3. The zero-order valence-electron chi connectivity index (χ0n) is 9.55. The summed E-state index contributed by atoms with van der Waals surface area (Å²) in [6, 6.07) is 13.0. The van der Waals surface area contributed by atoms with Crippen molar-refractivity contribution in [2.45, 2.75) is 0 Å². The van der Waals surface area contributed by atoms with E-state index in [2.05, 4.69) is 9.96 Å². The van der Waals surface area contributed by atoms with Crippen LogP contribution < -0.4 is 0 Å². The molecule has 0 N–H and O–H groups in total. The van der Waals surface area contributed by atoms with Gasteiger partial charge in [0.25, 0.3) is 0 Å². The van der Waals surface area contributed by atoms with Crippen LogP contribution in [0.5, 0.6) is 0 Å². The Morgan fingerprint density at radius 3 is 2.21 bits per heavy atom. The van der Waals surface area contributed by atoms with Crippen molar-refractivity contribution in [2.75, 3.05) is 0 Å². The first-order chi connectivity index (χ1) is 8.90. The number of halogens is 4. The number of hydrogen-bond acceptors (Lipinski definition) is 2. The van der Waals surface area contributed by atoms with Gasteiger partial charge in [0, 0.05) is 23.9 Å². The molecule has 0 aliphatic carbocycles. The summed E-state index contributed by atoms with van der Waals surface area (Å²) in [5.74, 6) is 0. The van der Waals surface area contributed by atoms with E-state index in [0.717, 1.165) is 11.3 Å². The first-order valence-corrected chi connectivity index (χ1v) is 5.14. The van der Waals surface area contributed by atoms with E-state index in [1.165, 1.54) is 0 Å². The smallest absolute Gasteiger partial charge is 0.418 e. The third-order valence-electron chi connectivity index (χ3n) is 1.92. The number of hydrogen-bond donors (Lipinski definition) is 0. The Morgan fingerprint density at radius 1 is 1.00 bits per heavy atom. The van der Waals surface area contributed by atoms with E-state index in [-0.39, 0.29) is 0 Å². The lowest BCUT2D eigenvalue weighted by atomic mass is 10.1. The molecule has 1 heterocycles. The summed E-state index contributed by atoms with van der Waals surface area (Å²) in [6.07, 6.45) is 1.73. The van der Waals surface area contributed by atoms with Crippen molar-refractivity contribution in [3.63, 3.8) is 0 Å². The number of diazo groups is 1. The molecule has 1 aromatic heterocycles. The molecule has 0 amide bonds. The van der Waals surface area contributed by atoms with Crippen molar-refractivity contribution >= 4 is 12.9 Å². The van der Waals surface area contributed by atoms with Crippen LogP contribution in [0.3, 0.4) is 0 Å². The maximum absolute atomic E-state index is 9.75. The predicted molar refractivity (Wildman–Crippen MR) is 64.6 cm³/mol. The van der Waals surface area contributed by atoms with Gasteiger partial charge < -0.3 is 17.3 Å². The molecule has 0 spiro atoms. The molecule has 2 aromatic rings. The van der Waals surface area contributed by atoms with Gasteiger partial charge >= 0.3 is 12.9 Å². The van der Waals surface area contributed by atoms with Crippen LogP contribution in [0.25, 0.3) is 16.2 Å². The van der Waals surface area contributed by atoms with Crippen molar-refractivity contribution in [3.8, 4) is 11.3 Å². The molecule has 3 nitrogen and oxygen atoms in total. The van der Waals surface area contributed by atoms with E-state index in [1.807, 2.05) is 30.3 Å². The summed E-state index contributed by atoms with van der Waals surface area (Å²) in [7, 11) is -6.00. The minimum atomic E-state index is -6.00. The summed E-state index contributed by atoms with van der Waals surface area (Å²) in [5.41, 5.74) is 2.35. The fourth-order valence-electron chi connectivity index (χ4n) is 1.26.